The smallest absolute Gasteiger partial charge is 0.446 e. The molecular weight excluding hydrogens is 428 g/mol. The lowest BCUT2D eigenvalue weighted by Crippen LogP contribution is -2.27. The van der Waals surface area contributed by atoms with E-state index in [-0.39, 0.29) is 16.9 Å². The highest BCUT2D eigenvalue weighted by Crippen LogP contribution is 2.44. The summed E-state index contributed by atoms with van der Waals surface area (Å²) in [5.74, 6) is -0.979. The summed E-state index contributed by atoms with van der Waals surface area (Å²) in [5.41, 5.74) is -0.485. The number of ether oxygens (including phenoxy) is 2. The molecular formula is C21H18O9S. The molecule has 4 rings (SSSR count). The monoisotopic (exact) mass is 446 g/mol. The quantitative estimate of drug-likeness (QED) is 0.456. The number of phenolic OH excluding ortho intramolecular Hbond substituents is 1. The Hall–Kier alpha value is -3.50. The Labute approximate surface area is 177 Å². The van der Waals surface area contributed by atoms with Crippen LogP contribution < -0.4 is 19.3 Å². The topological polar surface area (TPSA) is 132 Å². The average Bonchev–Trinajstić information content (AvgIpc) is 2.67. The van der Waals surface area contributed by atoms with Crippen molar-refractivity contribution in [2.24, 2.45) is 0 Å². The van der Waals surface area contributed by atoms with E-state index in [9.17, 15) is 18.3 Å². The number of aromatic hydroxyl groups is 1. The minimum atomic E-state index is -4.96. The summed E-state index contributed by atoms with van der Waals surface area (Å²) in [6, 6.07) is 7.56. The molecule has 0 unspecified atom stereocenters. The van der Waals surface area contributed by atoms with Gasteiger partial charge in [-0.05, 0) is 56.3 Å². The lowest BCUT2D eigenvalue weighted by Gasteiger charge is -2.27. The van der Waals surface area contributed by atoms with Crippen molar-refractivity contribution in [1.82, 2.24) is 0 Å². The third-order valence-corrected chi connectivity index (χ3v) is 5.10. The predicted molar refractivity (Wildman–Crippen MR) is 112 cm³/mol. The van der Waals surface area contributed by atoms with Crippen LogP contribution in [0.5, 0.6) is 23.0 Å². The minimum Gasteiger partial charge on any atom is -0.504 e. The van der Waals surface area contributed by atoms with Gasteiger partial charge in [0.1, 0.15) is 16.9 Å². The van der Waals surface area contributed by atoms with Gasteiger partial charge in [-0.3, -0.25) is 4.55 Å². The zero-order valence-corrected chi connectivity index (χ0v) is 17.5. The lowest BCUT2D eigenvalue weighted by atomic mass is 9.99. The van der Waals surface area contributed by atoms with Gasteiger partial charge < -0.3 is 23.2 Å². The molecule has 1 aliphatic rings. The van der Waals surface area contributed by atoms with E-state index in [1.54, 1.807) is 12.1 Å². The number of phenols is 1. The zero-order valence-electron chi connectivity index (χ0n) is 16.7. The van der Waals surface area contributed by atoms with E-state index in [4.69, 9.17) is 18.4 Å². The lowest BCUT2D eigenvalue weighted by molar-refractivity contribution is 0.159. The first-order chi connectivity index (χ1) is 14.5. The molecule has 2 aromatic carbocycles. The van der Waals surface area contributed by atoms with Crippen molar-refractivity contribution in [2.45, 2.75) is 19.4 Å². The number of benzene rings is 2. The molecule has 9 nitrogen and oxygen atoms in total. The van der Waals surface area contributed by atoms with Crippen LogP contribution in [-0.4, -0.2) is 30.8 Å². The van der Waals surface area contributed by atoms with E-state index in [2.05, 4.69) is 4.18 Å². The third-order valence-electron chi connectivity index (χ3n) is 4.72. The van der Waals surface area contributed by atoms with Crippen LogP contribution in [0.15, 0.2) is 45.6 Å². The number of fused-ring (bicyclic) bond motifs is 3. The number of hydrogen-bond acceptors (Lipinski definition) is 8. The molecule has 3 aromatic rings. The Kier molecular flexibility index (Phi) is 4.71. The standard InChI is InChI=1S/C21H18O9S/c1-21(2)9-8-13-15(29-21)6-4-11-10-14(20(23)28-18(11)13)12-5-7-16(27-3)19(17(12)22)30-31(24,25)26/h4-10,22H,1-3H3,(H,24,25,26). The maximum Gasteiger partial charge on any atom is 0.446 e. The molecule has 0 bridgehead atoms. The van der Waals surface area contributed by atoms with Gasteiger partial charge in [-0.15, -0.1) is 0 Å². The van der Waals surface area contributed by atoms with Crippen LogP contribution in [-0.2, 0) is 10.4 Å². The normalized spacial score (nSPS) is 14.7. The van der Waals surface area contributed by atoms with E-state index in [0.717, 1.165) is 0 Å². The fraction of sp³-hybridized carbons (Fsp3) is 0.190. The molecule has 1 aromatic heterocycles. The maximum absolute atomic E-state index is 12.8. The van der Waals surface area contributed by atoms with E-state index in [1.807, 2.05) is 26.0 Å². The molecule has 0 saturated heterocycles. The summed E-state index contributed by atoms with van der Waals surface area (Å²) in [6.45, 7) is 3.79. The molecule has 0 amide bonds. The van der Waals surface area contributed by atoms with Gasteiger partial charge in [-0.1, -0.05) is 0 Å². The van der Waals surface area contributed by atoms with Crippen LogP contribution in [0.3, 0.4) is 0 Å². The minimum absolute atomic E-state index is 0.0474. The summed E-state index contributed by atoms with van der Waals surface area (Å²) in [4.78, 5) is 12.8. The summed E-state index contributed by atoms with van der Waals surface area (Å²) in [7, 11) is -3.74. The van der Waals surface area contributed by atoms with Gasteiger partial charge in [0, 0.05) is 10.9 Å². The molecule has 162 valence electrons. The Morgan fingerprint density at radius 1 is 1.10 bits per heavy atom. The molecule has 0 spiro atoms. The molecule has 2 heterocycles. The molecule has 10 heteroatoms. The average molecular weight is 446 g/mol. The van der Waals surface area contributed by atoms with Crippen LogP contribution in [0.4, 0.5) is 0 Å². The Bertz CT molecular complexity index is 1400. The SMILES string of the molecule is COc1ccc(-c2cc3ccc4c(c3oc2=O)C=CC(C)(C)O4)c(O)c1OS(=O)(=O)O. The molecule has 0 radical (unpaired) electrons. The van der Waals surface area contributed by atoms with E-state index >= 15 is 0 Å². The van der Waals surface area contributed by atoms with Crippen molar-refractivity contribution < 1.29 is 36.2 Å². The van der Waals surface area contributed by atoms with Crippen molar-refractivity contribution in [3.63, 3.8) is 0 Å². The fourth-order valence-electron chi connectivity index (χ4n) is 3.34. The van der Waals surface area contributed by atoms with Crippen LogP contribution in [0.2, 0.25) is 0 Å². The first-order valence-corrected chi connectivity index (χ1v) is 10.4. The van der Waals surface area contributed by atoms with Gasteiger partial charge in [0.25, 0.3) is 0 Å². The zero-order chi connectivity index (χ0) is 22.6. The summed E-state index contributed by atoms with van der Waals surface area (Å²) in [6.07, 6.45) is 3.66. The number of rotatable bonds is 4. The number of methoxy groups -OCH3 is 1. The third kappa shape index (κ3) is 3.82. The molecule has 2 N–H and O–H groups in total. The maximum atomic E-state index is 12.8. The van der Waals surface area contributed by atoms with Crippen molar-refractivity contribution in [3.05, 3.63) is 52.4 Å². The van der Waals surface area contributed by atoms with Crippen molar-refractivity contribution >= 4 is 27.4 Å². The summed E-state index contributed by atoms with van der Waals surface area (Å²) < 4.78 is 52.1. The highest BCUT2D eigenvalue weighted by molar-refractivity contribution is 7.81. The van der Waals surface area contributed by atoms with Gasteiger partial charge in [0.05, 0.1) is 18.2 Å². The molecule has 1 aliphatic heterocycles. The Morgan fingerprint density at radius 3 is 2.52 bits per heavy atom. The van der Waals surface area contributed by atoms with Crippen molar-refractivity contribution in [1.29, 1.82) is 0 Å². The van der Waals surface area contributed by atoms with Gasteiger partial charge >= 0.3 is 16.0 Å². The van der Waals surface area contributed by atoms with E-state index < -0.39 is 33.1 Å². The number of hydrogen-bond donors (Lipinski definition) is 2. The molecule has 31 heavy (non-hydrogen) atoms. The van der Waals surface area contributed by atoms with E-state index in [0.29, 0.717) is 22.3 Å². The first kappa shape index (κ1) is 20.8. The van der Waals surface area contributed by atoms with Crippen molar-refractivity contribution in [3.8, 4) is 34.1 Å². The Balaban J connectivity index is 1.91. The predicted octanol–water partition coefficient (Wildman–Crippen LogP) is 3.54. The Morgan fingerprint density at radius 2 is 1.84 bits per heavy atom. The first-order valence-electron chi connectivity index (χ1n) is 9.05. The summed E-state index contributed by atoms with van der Waals surface area (Å²) >= 11 is 0. The van der Waals surface area contributed by atoms with Crippen LogP contribution >= 0.6 is 0 Å². The van der Waals surface area contributed by atoms with Gasteiger partial charge in [-0.2, -0.15) is 8.42 Å². The van der Waals surface area contributed by atoms with Gasteiger partial charge in [-0.25, -0.2) is 4.79 Å². The highest BCUT2D eigenvalue weighted by Gasteiger charge is 2.26. The second-order valence-electron chi connectivity index (χ2n) is 7.39. The molecule has 0 atom stereocenters. The van der Waals surface area contributed by atoms with Crippen LogP contribution in [0, 0.1) is 0 Å². The van der Waals surface area contributed by atoms with Gasteiger partial charge in [0.15, 0.2) is 11.5 Å². The van der Waals surface area contributed by atoms with Gasteiger partial charge in [0.2, 0.25) is 5.75 Å². The van der Waals surface area contributed by atoms with Crippen LogP contribution in [0.1, 0.15) is 19.4 Å². The molecule has 0 saturated carbocycles. The largest absolute Gasteiger partial charge is 0.504 e. The molecule has 0 aliphatic carbocycles. The van der Waals surface area contributed by atoms with Crippen LogP contribution in [0.25, 0.3) is 28.2 Å². The second kappa shape index (κ2) is 7.03. The second-order valence-corrected chi connectivity index (χ2v) is 8.41. The summed E-state index contributed by atoms with van der Waals surface area (Å²) in [5, 5.41) is 11.1. The highest BCUT2D eigenvalue weighted by atomic mass is 32.3. The molecule has 0 fully saturated rings. The fourth-order valence-corrected chi connectivity index (χ4v) is 3.71. The van der Waals surface area contributed by atoms with Crippen molar-refractivity contribution in [2.75, 3.05) is 7.11 Å². The van der Waals surface area contributed by atoms with E-state index in [1.165, 1.54) is 25.3 Å².